The van der Waals surface area contributed by atoms with Gasteiger partial charge in [-0.3, -0.25) is 4.79 Å². The first-order valence-corrected chi connectivity index (χ1v) is 11.5. The number of carbonyl (C=O) groups is 1. The number of alkyl halides is 3. The summed E-state index contributed by atoms with van der Waals surface area (Å²) >= 11 is 6.40. The summed E-state index contributed by atoms with van der Waals surface area (Å²) in [4.78, 5) is 26.9. The van der Waals surface area contributed by atoms with E-state index >= 15 is 0 Å². The number of halogens is 4. The van der Waals surface area contributed by atoms with Crippen molar-refractivity contribution in [3.8, 4) is 0 Å². The number of hydrogen-bond acceptors (Lipinski definition) is 5. The smallest absolute Gasteiger partial charge is 0.352 e. The van der Waals surface area contributed by atoms with Crippen molar-refractivity contribution in [3.63, 3.8) is 0 Å². The normalized spacial score (nSPS) is 14.1. The number of rotatable bonds is 4. The largest absolute Gasteiger partial charge is 0.416 e. The maximum atomic E-state index is 12.9. The van der Waals surface area contributed by atoms with Crippen molar-refractivity contribution in [2.24, 2.45) is 0 Å². The van der Waals surface area contributed by atoms with Gasteiger partial charge in [0.15, 0.2) is 0 Å². The van der Waals surface area contributed by atoms with Gasteiger partial charge in [0.2, 0.25) is 11.9 Å². The number of fused-ring (bicyclic) bond motifs is 1. The van der Waals surface area contributed by atoms with E-state index in [0.29, 0.717) is 60.5 Å². The highest BCUT2D eigenvalue weighted by atomic mass is 35.5. The number of anilines is 2. The second-order valence-corrected chi connectivity index (χ2v) is 8.44. The monoisotopic (exact) mass is 496 g/mol. The van der Waals surface area contributed by atoms with Gasteiger partial charge < -0.3 is 20.1 Å². The SMILES string of the molecule is CC(=O)NCc1cnc(N2CCN(c3nc4ccc(C(F)(F)F)cc4[nH]3)CC2)c(Cl)c1.CCC. The average Bonchev–Trinajstić information content (AvgIpc) is 3.21. The summed E-state index contributed by atoms with van der Waals surface area (Å²) in [6.45, 7) is 8.53. The first-order valence-electron chi connectivity index (χ1n) is 11.1. The van der Waals surface area contributed by atoms with Crippen LogP contribution in [-0.4, -0.2) is 47.0 Å². The summed E-state index contributed by atoms with van der Waals surface area (Å²) in [6, 6.07) is 5.27. The van der Waals surface area contributed by atoms with Crippen molar-refractivity contribution in [2.45, 2.75) is 39.9 Å². The van der Waals surface area contributed by atoms with E-state index in [9.17, 15) is 18.0 Å². The van der Waals surface area contributed by atoms with Crippen molar-refractivity contribution in [1.29, 1.82) is 0 Å². The quantitative estimate of drug-likeness (QED) is 0.531. The molecule has 2 N–H and O–H groups in total. The van der Waals surface area contributed by atoms with Gasteiger partial charge in [-0.1, -0.05) is 31.9 Å². The number of piperazine rings is 1. The molecule has 3 aromatic rings. The van der Waals surface area contributed by atoms with Crippen LogP contribution in [0.3, 0.4) is 0 Å². The molecule has 0 atom stereocenters. The summed E-state index contributed by atoms with van der Waals surface area (Å²) < 4.78 is 38.8. The third-order valence-electron chi connectivity index (χ3n) is 5.10. The van der Waals surface area contributed by atoms with Crippen molar-refractivity contribution in [1.82, 2.24) is 20.3 Å². The molecular weight excluding hydrogens is 469 g/mol. The summed E-state index contributed by atoms with van der Waals surface area (Å²) in [5, 5.41) is 3.20. The highest BCUT2D eigenvalue weighted by Crippen LogP contribution is 2.32. The van der Waals surface area contributed by atoms with Crippen LogP contribution in [-0.2, 0) is 17.5 Å². The summed E-state index contributed by atoms with van der Waals surface area (Å²) in [7, 11) is 0. The molecule has 3 heterocycles. The van der Waals surface area contributed by atoms with Crippen LogP contribution in [0.5, 0.6) is 0 Å². The molecule has 1 aromatic carbocycles. The van der Waals surface area contributed by atoms with Crippen molar-refractivity contribution >= 4 is 40.3 Å². The second kappa shape index (κ2) is 10.9. The molecule has 34 heavy (non-hydrogen) atoms. The summed E-state index contributed by atoms with van der Waals surface area (Å²) in [5.41, 5.74) is 0.947. The lowest BCUT2D eigenvalue weighted by Gasteiger charge is -2.35. The predicted molar refractivity (Wildman–Crippen MR) is 128 cm³/mol. The molecule has 1 saturated heterocycles. The number of nitrogens with zero attached hydrogens (tertiary/aromatic N) is 4. The van der Waals surface area contributed by atoms with Gasteiger partial charge in [-0.25, -0.2) is 9.97 Å². The lowest BCUT2D eigenvalue weighted by molar-refractivity contribution is -0.137. The van der Waals surface area contributed by atoms with Crippen molar-refractivity contribution < 1.29 is 18.0 Å². The number of benzene rings is 1. The predicted octanol–water partition coefficient (Wildman–Crippen LogP) is 5.01. The van der Waals surface area contributed by atoms with Gasteiger partial charge in [-0.15, -0.1) is 0 Å². The van der Waals surface area contributed by atoms with E-state index in [1.165, 1.54) is 19.4 Å². The molecule has 2 aromatic heterocycles. The van der Waals surface area contributed by atoms with E-state index in [4.69, 9.17) is 11.6 Å². The van der Waals surface area contributed by atoms with Crippen LogP contribution < -0.4 is 15.1 Å². The van der Waals surface area contributed by atoms with E-state index in [-0.39, 0.29) is 5.91 Å². The molecule has 0 bridgehead atoms. The van der Waals surface area contributed by atoms with Crippen LogP contribution in [0.4, 0.5) is 24.9 Å². The summed E-state index contributed by atoms with van der Waals surface area (Å²) in [5.74, 6) is 1.07. The zero-order valence-electron chi connectivity index (χ0n) is 19.3. The Kier molecular flexibility index (Phi) is 8.24. The average molecular weight is 497 g/mol. The fraction of sp³-hybridized carbons (Fsp3) is 0.435. The number of carbonyl (C=O) groups excluding carboxylic acids is 1. The van der Waals surface area contributed by atoms with E-state index in [0.717, 1.165) is 17.7 Å². The minimum absolute atomic E-state index is 0.128. The standard InChI is InChI=1S/C20H20ClF3N6O.C3H8/c1-12(31)25-10-13-8-15(21)18(26-11-13)29-4-6-30(7-5-29)19-27-16-3-2-14(20(22,23)24)9-17(16)28-19;1-3-2/h2-3,8-9,11H,4-7,10H2,1H3,(H,25,31)(H,27,28);3H2,1-2H3. The first-order chi connectivity index (χ1) is 16.1. The van der Waals surface area contributed by atoms with Crippen molar-refractivity contribution in [2.75, 3.05) is 36.0 Å². The molecule has 1 aliphatic rings. The maximum absolute atomic E-state index is 12.9. The Hall–Kier alpha value is -3.01. The van der Waals surface area contributed by atoms with Crippen LogP contribution in [0, 0.1) is 0 Å². The van der Waals surface area contributed by atoms with Crippen LogP contribution in [0.15, 0.2) is 30.5 Å². The highest BCUT2D eigenvalue weighted by Gasteiger charge is 2.31. The number of aromatic amines is 1. The Balaban J connectivity index is 0.00000103. The molecule has 1 aliphatic heterocycles. The number of hydrogen-bond donors (Lipinski definition) is 2. The maximum Gasteiger partial charge on any atom is 0.416 e. The van der Waals surface area contributed by atoms with E-state index in [1.54, 1.807) is 12.3 Å². The molecule has 1 amide bonds. The number of pyridine rings is 1. The van der Waals surface area contributed by atoms with Gasteiger partial charge in [0.25, 0.3) is 0 Å². The molecular formula is C23H28ClF3N6O. The molecule has 0 saturated carbocycles. The topological polar surface area (TPSA) is 77.2 Å². The molecule has 0 spiro atoms. The number of nitrogens with one attached hydrogen (secondary N) is 2. The highest BCUT2D eigenvalue weighted by molar-refractivity contribution is 6.33. The molecule has 0 unspecified atom stereocenters. The number of amides is 1. The minimum Gasteiger partial charge on any atom is -0.352 e. The first kappa shape index (κ1) is 25.6. The zero-order valence-corrected chi connectivity index (χ0v) is 20.1. The van der Waals surface area contributed by atoms with Crippen LogP contribution in [0.1, 0.15) is 38.3 Å². The van der Waals surface area contributed by atoms with Crippen LogP contribution in [0.25, 0.3) is 11.0 Å². The van der Waals surface area contributed by atoms with Crippen LogP contribution in [0.2, 0.25) is 5.02 Å². The zero-order chi connectivity index (χ0) is 24.9. The van der Waals surface area contributed by atoms with Gasteiger partial charge in [-0.05, 0) is 29.8 Å². The Bertz CT molecular complexity index is 1130. The Morgan fingerprint density at radius 3 is 2.38 bits per heavy atom. The van der Waals surface area contributed by atoms with Gasteiger partial charge in [-0.2, -0.15) is 13.2 Å². The van der Waals surface area contributed by atoms with Crippen molar-refractivity contribution in [3.05, 3.63) is 46.6 Å². The second-order valence-electron chi connectivity index (χ2n) is 8.03. The van der Waals surface area contributed by atoms with Gasteiger partial charge >= 0.3 is 6.18 Å². The molecule has 11 heteroatoms. The third kappa shape index (κ3) is 6.31. The number of H-pyrrole nitrogens is 1. The summed E-state index contributed by atoms with van der Waals surface area (Å²) in [6.07, 6.45) is -1.46. The number of imidazole rings is 1. The fourth-order valence-corrected chi connectivity index (χ4v) is 3.79. The lowest BCUT2D eigenvalue weighted by atomic mass is 10.2. The van der Waals surface area contributed by atoms with E-state index in [1.807, 2.05) is 9.80 Å². The van der Waals surface area contributed by atoms with Gasteiger partial charge in [0.1, 0.15) is 5.82 Å². The lowest BCUT2D eigenvalue weighted by Crippen LogP contribution is -2.47. The molecule has 7 nitrogen and oxygen atoms in total. The Labute approximate surface area is 201 Å². The van der Waals surface area contributed by atoms with E-state index < -0.39 is 11.7 Å². The number of aromatic nitrogens is 3. The molecule has 0 radical (unpaired) electrons. The van der Waals surface area contributed by atoms with Gasteiger partial charge in [0.05, 0.1) is 21.6 Å². The van der Waals surface area contributed by atoms with Gasteiger partial charge in [0, 0.05) is 45.8 Å². The third-order valence-corrected chi connectivity index (χ3v) is 5.37. The molecule has 4 rings (SSSR count). The van der Waals surface area contributed by atoms with Crippen LogP contribution >= 0.6 is 11.6 Å². The minimum atomic E-state index is -4.39. The fourth-order valence-electron chi connectivity index (χ4n) is 3.48. The Morgan fingerprint density at radius 1 is 1.15 bits per heavy atom. The molecule has 0 aliphatic carbocycles. The molecule has 1 fully saturated rings. The Morgan fingerprint density at radius 2 is 1.79 bits per heavy atom. The van der Waals surface area contributed by atoms with E-state index in [2.05, 4.69) is 34.1 Å². The molecule has 184 valence electrons.